The van der Waals surface area contributed by atoms with Gasteiger partial charge in [-0.05, 0) is 12.8 Å². The predicted octanol–water partition coefficient (Wildman–Crippen LogP) is -0.140. The summed E-state index contributed by atoms with van der Waals surface area (Å²) in [5.41, 5.74) is 0. The van der Waals surface area contributed by atoms with Crippen molar-refractivity contribution in [3.63, 3.8) is 0 Å². The van der Waals surface area contributed by atoms with E-state index in [1.54, 1.807) is 0 Å². The van der Waals surface area contributed by atoms with Crippen LogP contribution in [0.1, 0.15) is 32.1 Å². The van der Waals surface area contributed by atoms with Crippen molar-refractivity contribution in [1.29, 1.82) is 0 Å². The van der Waals surface area contributed by atoms with Gasteiger partial charge in [-0.3, -0.25) is 0 Å². The molecule has 0 heterocycles. The van der Waals surface area contributed by atoms with Crippen LogP contribution in [-0.2, 0) is 0 Å². The summed E-state index contributed by atoms with van der Waals surface area (Å²) in [5, 5.41) is 21.9. The van der Waals surface area contributed by atoms with Crippen LogP contribution in [0.3, 0.4) is 0 Å². The van der Waals surface area contributed by atoms with E-state index in [0.29, 0.717) is 4.86 Å². The molecule has 0 atom stereocenters. The third-order valence-electron chi connectivity index (χ3n) is 2.00. The maximum atomic E-state index is 10.7. The average Bonchev–Trinajstić information content (AvgIpc) is 2.05. The van der Waals surface area contributed by atoms with Crippen molar-refractivity contribution in [2.24, 2.45) is 0 Å². The topological polar surface area (TPSA) is 63.1 Å². The molecule has 1 aliphatic rings. The Bertz CT molecular complexity index is 130. The predicted molar refractivity (Wildman–Crippen MR) is 34.8 cm³/mol. The molecule has 58 valence electrons. The summed E-state index contributed by atoms with van der Waals surface area (Å²) in [4.78, 5) is 0.430. The lowest BCUT2D eigenvalue weighted by Gasteiger charge is -2.14. The fourth-order valence-corrected chi connectivity index (χ4v) is 1.39. The fraction of sp³-hybridized carbons (Fsp3) is 1.00. The molecule has 0 aromatic heterocycles. The van der Waals surface area contributed by atoms with Crippen molar-refractivity contribution in [1.82, 2.24) is 0 Å². The monoisotopic (exact) mass is 144 g/mol. The average molecular weight is 144 g/mol. The van der Waals surface area contributed by atoms with Crippen LogP contribution in [-0.4, -0.2) is 10.9 Å². The second-order valence-corrected chi connectivity index (χ2v) is 2.71. The van der Waals surface area contributed by atoms with Gasteiger partial charge in [-0.1, -0.05) is 6.42 Å². The Kier molecular flexibility index (Phi) is 2.48. The first kappa shape index (κ1) is 7.31. The van der Waals surface area contributed by atoms with Crippen molar-refractivity contribution in [2.75, 3.05) is 0 Å². The number of rotatable bonds is 1. The molecule has 0 unspecified atom stereocenters. The standard InChI is InChI=1S/C6H12N2O2/c9-7-8(10)6-4-2-1-3-5-6/h6-7H,1-5H2/b8-7+. The van der Waals surface area contributed by atoms with Gasteiger partial charge in [-0.15, -0.1) is 0 Å². The van der Waals surface area contributed by atoms with Gasteiger partial charge in [0.15, 0.2) is 0 Å². The minimum Gasteiger partial charge on any atom is -0.569 e. The van der Waals surface area contributed by atoms with E-state index in [1.807, 2.05) is 0 Å². The first-order valence-electron chi connectivity index (χ1n) is 3.69. The third kappa shape index (κ3) is 1.59. The number of hydroxylamine groups is 1. The zero-order valence-corrected chi connectivity index (χ0v) is 5.88. The van der Waals surface area contributed by atoms with Gasteiger partial charge in [0.2, 0.25) is 6.04 Å². The van der Waals surface area contributed by atoms with Crippen molar-refractivity contribution in [2.45, 2.75) is 38.1 Å². The summed E-state index contributed by atoms with van der Waals surface area (Å²) in [7, 11) is 0. The molecular weight excluding hydrogens is 132 g/mol. The zero-order chi connectivity index (χ0) is 7.40. The molecule has 4 heteroatoms. The molecule has 1 aliphatic carbocycles. The van der Waals surface area contributed by atoms with Crippen LogP contribution in [0.25, 0.3) is 0 Å². The number of nitrogens with zero attached hydrogens (tertiary/aromatic N) is 1. The van der Waals surface area contributed by atoms with Crippen LogP contribution in [0.4, 0.5) is 0 Å². The second kappa shape index (κ2) is 3.39. The molecule has 0 radical (unpaired) electrons. The van der Waals surface area contributed by atoms with Crippen molar-refractivity contribution in [3.05, 3.63) is 10.4 Å². The van der Waals surface area contributed by atoms with Gasteiger partial charge >= 0.3 is 0 Å². The molecule has 0 spiro atoms. The summed E-state index contributed by atoms with van der Waals surface area (Å²) in [6.45, 7) is 0. The highest BCUT2D eigenvalue weighted by atomic mass is 16.6. The van der Waals surface area contributed by atoms with E-state index < -0.39 is 0 Å². The summed E-state index contributed by atoms with van der Waals surface area (Å²) in [5.74, 6) is 0. The summed E-state index contributed by atoms with van der Waals surface area (Å²) in [6.07, 6.45) is 5.07. The van der Waals surface area contributed by atoms with E-state index in [2.05, 4.69) is 0 Å². The molecule has 0 saturated heterocycles. The largest absolute Gasteiger partial charge is 0.569 e. The highest BCUT2D eigenvalue weighted by Gasteiger charge is 2.23. The lowest BCUT2D eigenvalue weighted by Crippen LogP contribution is -2.68. The molecule has 4 nitrogen and oxygen atoms in total. The Hall–Kier alpha value is -0.800. The lowest BCUT2D eigenvalue weighted by atomic mass is 9.96. The van der Waals surface area contributed by atoms with E-state index in [0.717, 1.165) is 25.7 Å². The minimum absolute atomic E-state index is 0.0775. The van der Waals surface area contributed by atoms with Crippen LogP contribution in [0.2, 0.25) is 0 Å². The van der Waals surface area contributed by atoms with Gasteiger partial charge < -0.3 is 10.4 Å². The van der Waals surface area contributed by atoms with Crippen LogP contribution >= 0.6 is 0 Å². The first-order valence-corrected chi connectivity index (χ1v) is 3.69. The minimum atomic E-state index is -0.0775. The smallest absolute Gasteiger partial charge is 0.229 e. The van der Waals surface area contributed by atoms with Gasteiger partial charge in [0.1, 0.15) is 0 Å². The van der Waals surface area contributed by atoms with Crippen molar-refractivity contribution < 1.29 is 10.1 Å². The molecule has 0 aromatic carbocycles. The highest BCUT2D eigenvalue weighted by Crippen LogP contribution is 2.18. The first-order chi connectivity index (χ1) is 4.84. The molecule has 1 fully saturated rings. The molecule has 1 rings (SSSR count). The van der Waals surface area contributed by atoms with Crippen molar-refractivity contribution in [3.8, 4) is 0 Å². The Morgan fingerprint density at radius 3 is 2.30 bits per heavy atom. The quantitative estimate of drug-likeness (QED) is 0.316. The van der Waals surface area contributed by atoms with Crippen LogP contribution < -0.4 is 5.28 Å². The van der Waals surface area contributed by atoms with Gasteiger partial charge in [-0.2, -0.15) is 0 Å². The number of hydrogen-bond acceptors (Lipinski definition) is 2. The van der Waals surface area contributed by atoms with E-state index in [-0.39, 0.29) is 6.04 Å². The highest BCUT2D eigenvalue weighted by molar-refractivity contribution is 4.62. The number of nitrogens with one attached hydrogen (secondary N) is 1. The maximum Gasteiger partial charge on any atom is 0.229 e. The number of hydrogen-bond donors (Lipinski definition) is 1. The second-order valence-electron chi connectivity index (χ2n) is 2.71. The van der Waals surface area contributed by atoms with Gasteiger partial charge in [0, 0.05) is 23.0 Å². The molecule has 1 saturated carbocycles. The fourth-order valence-electron chi connectivity index (χ4n) is 1.39. The van der Waals surface area contributed by atoms with Gasteiger partial charge in [0.05, 0.1) is 0 Å². The molecule has 10 heavy (non-hydrogen) atoms. The molecule has 0 aromatic rings. The summed E-state index contributed by atoms with van der Waals surface area (Å²) in [6, 6.07) is -0.0775. The Morgan fingerprint density at radius 2 is 1.80 bits per heavy atom. The van der Waals surface area contributed by atoms with E-state index in [4.69, 9.17) is 0 Å². The molecule has 1 N–H and O–H groups in total. The van der Waals surface area contributed by atoms with E-state index >= 15 is 0 Å². The summed E-state index contributed by atoms with van der Waals surface area (Å²) >= 11 is 0. The third-order valence-corrected chi connectivity index (χ3v) is 2.00. The van der Waals surface area contributed by atoms with E-state index in [1.165, 1.54) is 11.7 Å². The Balaban J connectivity index is 2.39. The van der Waals surface area contributed by atoms with Gasteiger partial charge in [-0.25, -0.2) is 0 Å². The van der Waals surface area contributed by atoms with Gasteiger partial charge in [0.25, 0.3) is 0 Å². The van der Waals surface area contributed by atoms with Crippen molar-refractivity contribution >= 4 is 0 Å². The molecule has 0 bridgehead atoms. The molecule has 0 amide bonds. The molecule has 0 aliphatic heterocycles. The van der Waals surface area contributed by atoms with E-state index in [9.17, 15) is 10.4 Å². The summed E-state index contributed by atoms with van der Waals surface area (Å²) < 4.78 is 0. The maximum absolute atomic E-state index is 10.7. The molecular formula is C6H12N2O2. The lowest BCUT2D eigenvalue weighted by molar-refractivity contribution is -0.971. The Labute approximate surface area is 59.7 Å². The SMILES string of the molecule is [O-]/[NH+]=[N+](/[O-])C1CCCCC1. The Morgan fingerprint density at radius 1 is 1.20 bits per heavy atom. The van der Waals surface area contributed by atoms with Crippen LogP contribution in [0, 0.1) is 10.4 Å². The normalized spacial score (nSPS) is 23.0. The van der Waals surface area contributed by atoms with Crippen LogP contribution in [0.15, 0.2) is 0 Å². The zero-order valence-electron chi connectivity index (χ0n) is 5.88. The van der Waals surface area contributed by atoms with Crippen LogP contribution in [0.5, 0.6) is 0 Å².